The molecule has 0 N–H and O–H groups in total. The standard InChI is InChI=1S/C11H15BrClN/c1-9-8-10(12)4-5-11(9)14(2)7-3-6-13/h4-5,8H,3,6-7H2,1-2H3. The molecular weight excluding hydrogens is 261 g/mol. The molecule has 0 radical (unpaired) electrons. The SMILES string of the molecule is Cc1cc(Br)ccc1N(C)CCCCl. The molecule has 0 aliphatic carbocycles. The summed E-state index contributed by atoms with van der Waals surface area (Å²) in [7, 11) is 2.10. The first-order chi connectivity index (χ1) is 6.65. The van der Waals surface area contributed by atoms with Gasteiger partial charge < -0.3 is 4.90 Å². The molecule has 0 fully saturated rings. The quantitative estimate of drug-likeness (QED) is 0.756. The monoisotopic (exact) mass is 275 g/mol. The molecule has 0 amide bonds. The third-order valence-electron chi connectivity index (χ3n) is 2.20. The molecule has 1 aromatic rings. The summed E-state index contributed by atoms with van der Waals surface area (Å²) in [6.45, 7) is 3.13. The van der Waals surface area contributed by atoms with Gasteiger partial charge in [0.15, 0.2) is 0 Å². The number of benzene rings is 1. The van der Waals surface area contributed by atoms with Crippen LogP contribution in [0.2, 0.25) is 0 Å². The third kappa shape index (κ3) is 3.18. The van der Waals surface area contributed by atoms with Crippen LogP contribution in [0.4, 0.5) is 5.69 Å². The molecule has 1 aromatic carbocycles. The largest absolute Gasteiger partial charge is 0.374 e. The maximum atomic E-state index is 5.66. The Hall–Kier alpha value is -0.210. The molecule has 0 unspecified atom stereocenters. The Kier molecular flexibility index (Phi) is 4.76. The van der Waals surface area contributed by atoms with E-state index < -0.39 is 0 Å². The predicted molar refractivity (Wildman–Crippen MR) is 67.5 cm³/mol. The van der Waals surface area contributed by atoms with Crippen molar-refractivity contribution in [1.82, 2.24) is 0 Å². The third-order valence-corrected chi connectivity index (χ3v) is 2.96. The van der Waals surface area contributed by atoms with Crippen LogP contribution in [0, 0.1) is 6.92 Å². The molecule has 0 aliphatic rings. The first-order valence-corrected chi connectivity index (χ1v) is 6.01. The van der Waals surface area contributed by atoms with Gasteiger partial charge in [0.25, 0.3) is 0 Å². The van der Waals surface area contributed by atoms with E-state index in [0.29, 0.717) is 0 Å². The number of rotatable bonds is 4. The summed E-state index contributed by atoms with van der Waals surface area (Å²) in [5.74, 6) is 0.722. The molecule has 1 rings (SSSR count). The van der Waals surface area contributed by atoms with Gasteiger partial charge in [-0.05, 0) is 37.1 Å². The van der Waals surface area contributed by atoms with Crippen LogP contribution in [0.25, 0.3) is 0 Å². The van der Waals surface area contributed by atoms with Crippen molar-refractivity contribution in [3.05, 3.63) is 28.2 Å². The van der Waals surface area contributed by atoms with E-state index in [1.54, 1.807) is 0 Å². The first-order valence-electron chi connectivity index (χ1n) is 4.68. The van der Waals surface area contributed by atoms with Crippen LogP contribution in [-0.2, 0) is 0 Å². The smallest absolute Gasteiger partial charge is 0.0394 e. The van der Waals surface area contributed by atoms with Gasteiger partial charge in [-0.25, -0.2) is 0 Å². The fourth-order valence-electron chi connectivity index (χ4n) is 1.46. The minimum absolute atomic E-state index is 0.722. The molecule has 3 heteroatoms. The molecule has 0 bridgehead atoms. The van der Waals surface area contributed by atoms with E-state index in [0.717, 1.165) is 23.3 Å². The summed E-state index contributed by atoms with van der Waals surface area (Å²) in [5.41, 5.74) is 2.56. The summed E-state index contributed by atoms with van der Waals surface area (Å²) in [4.78, 5) is 2.24. The van der Waals surface area contributed by atoms with Gasteiger partial charge in [-0.1, -0.05) is 15.9 Å². The maximum absolute atomic E-state index is 5.66. The summed E-state index contributed by atoms with van der Waals surface area (Å²) < 4.78 is 1.13. The number of hydrogen-bond acceptors (Lipinski definition) is 1. The molecule has 0 heterocycles. The predicted octanol–water partition coefficient (Wildman–Crippen LogP) is 3.82. The highest BCUT2D eigenvalue weighted by Crippen LogP contribution is 2.22. The lowest BCUT2D eigenvalue weighted by Gasteiger charge is -2.21. The van der Waals surface area contributed by atoms with Crippen molar-refractivity contribution in [1.29, 1.82) is 0 Å². The van der Waals surface area contributed by atoms with E-state index in [4.69, 9.17) is 11.6 Å². The molecule has 0 spiro atoms. The Morgan fingerprint density at radius 2 is 2.14 bits per heavy atom. The van der Waals surface area contributed by atoms with Gasteiger partial charge in [-0.2, -0.15) is 0 Å². The highest BCUT2D eigenvalue weighted by Gasteiger charge is 2.03. The Bertz CT molecular complexity index is 301. The van der Waals surface area contributed by atoms with Crippen LogP contribution in [-0.4, -0.2) is 19.5 Å². The molecule has 78 valence electrons. The normalized spacial score (nSPS) is 10.3. The van der Waals surface area contributed by atoms with E-state index in [1.165, 1.54) is 11.3 Å². The van der Waals surface area contributed by atoms with Crippen molar-refractivity contribution < 1.29 is 0 Å². The average molecular weight is 277 g/mol. The van der Waals surface area contributed by atoms with Crippen molar-refractivity contribution in [3.63, 3.8) is 0 Å². The average Bonchev–Trinajstić information content (AvgIpc) is 2.14. The molecule has 1 nitrogen and oxygen atoms in total. The van der Waals surface area contributed by atoms with E-state index in [9.17, 15) is 0 Å². The van der Waals surface area contributed by atoms with Crippen LogP contribution in [0.15, 0.2) is 22.7 Å². The van der Waals surface area contributed by atoms with Crippen LogP contribution >= 0.6 is 27.5 Å². The molecule has 0 atom stereocenters. The van der Waals surface area contributed by atoms with Crippen molar-refractivity contribution in [3.8, 4) is 0 Å². The summed E-state index contributed by atoms with van der Waals surface area (Å²) >= 11 is 9.12. The number of aryl methyl sites for hydroxylation is 1. The van der Waals surface area contributed by atoms with Gasteiger partial charge in [0.1, 0.15) is 0 Å². The molecule has 0 saturated carbocycles. The Morgan fingerprint density at radius 1 is 1.43 bits per heavy atom. The zero-order valence-corrected chi connectivity index (χ0v) is 10.9. The van der Waals surface area contributed by atoms with Gasteiger partial charge in [0.05, 0.1) is 0 Å². The fraction of sp³-hybridized carbons (Fsp3) is 0.455. The van der Waals surface area contributed by atoms with E-state index in [1.807, 2.05) is 0 Å². The van der Waals surface area contributed by atoms with E-state index in [-0.39, 0.29) is 0 Å². The second-order valence-corrected chi connectivity index (χ2v) is 4.69. The number of nitrogens with zero attached hydrogens (tertiary/aromatic N) is 1. The fourth-order valence-corrected chi connectivity index (χ4v) is 2.06. The van der Waals surface area contributed by atoms with Crippen molar-refractivity contribution in [2.24, 2.45) is 0 Å². The van der Waals surface area contributed by atoms with Gasteiger partial charge in [-0.3, -0.25) is 0 Å². The van der Waals surface area contributed by atoms with Crippen molar-refractivity contribution >= 4 is 33.2 Å². The van der Waals surface area contributed by atoms with Crippen LogP contribution < -0.4 is 4.90 Å². The Morgan fingerprint density at radius 3 is 2.71 bits per heavy atom. The minimum Gasteiger partial charge on any atom is -0.374 e. The zero-order valence-electron chi connectivity index (χ0n) is 8.56. The number of halogens is 2. The van der Waals surface area contributed by atoms with Gasteiger partial charge >= 0.3 is 0 Å². The van der Waals surface area contributed by atoms with E-state index in [2.05, 4.69) is 53.0 Å². The zero-order chi connectivity index (χ0) is 10.6. The van der Waals surface area contributed by atoms with Gasteiger partial charge in [0, 0.05) is 29.6 Å². The Balaban J connectivity index is 2.74. The second-order valence-electron chi connectivity index (χ2n) is 3.39. The second kappa shape index (κ2) is 5.62. The minimum atomic E-state index is 0.722. The van der Waals surface area contributed by atoms with Gasteiger partial charge in [-0.15, -0.1) is 11.6 Å². The number of anilines is 1. The maximum Gasteiger partial charge on any atom is 0.0394 e. The molecule has 14 heavy (non-hydrogen) atoms. The highest BCUT2D eigenvalue weighted by atomic mass is 79.9. The molecule has 0 aromatic heterocycles. The molecular formula is C11H15BrClN. The summed E-state index contributed by atoms with van der Waals surface area (Å²) in [5, 5.41) is 0. The number of alkyl halides is 1. The van der Waals surface area contributed by atoms with Gasteiger partial charge in [0.2, 0.25) is 0 Å². The number of hydrogen-bond donors (Lipinski definition) is 0. The summed E-state index contributed by atoms with van der Waals surface area (Å²) in [6.07, 6.45) is 1.02. The topological polar surface area (TPSA) is 3.24 Å². The van der Waals surface area contributed by atoms with Crippen LogP contribution in [0.3, 0.4) is 0 Å². The Labute approximate surface area is 99.2 Å². The molecule has 0 aliphatic heterocycles. The summed E-state index contributed by atoms with van der Waals surface area (Å²) in [6, 6.07) is 6.33. The molecule has 0 saturated heterocycles. The lowest BCUT2D eigenvalue weighted by atomic mass is 10.2. The lowest BCUT2D eigenvalue weighted by Crippen LogP contribution is -2.19. The lowest BCUT2D eigenvalue weighted by molar-refractivity contribution is 0.853. The first kappa shape index (κ1) is 11.9. The van der Waals surface area contributed by atoms with E-state index >= 15 is 0 Å². The van der Waals surface area contributed by atoms with Crippen LogP contribution in [0.5, 0.6) is 0 Å². The van der Waals surface area contributed by atoms with Crippen LogP contribution in [0.1, 0.15) is 12.0 Å². The van der Waals surface area contributed by atoms with Crippen molar-refractivity contribution in [2.45, 2.75) is 13.3 Å². The van der Waals surface area contributed by atoms with Crippen molar-refractivity contribution in [2.75, 3.05) is 24.4 Å². The highest BCUT2D eigenvalue weighted by molar-refractivity contribution is 9.10.